The lowest BCUT2D eigenvalue weighted by molar-refractivity contribution is -0.149. The van der Waals surface area contributed by atoms with E-state index in [-0.39, 0.29) is 5.92 Å². The molecule has 0 spiro atoms. The van der Waals surface area contributed by atoms with Gasteiger partial charge in [0.05, 0.1) is 12.1 Å². The molecule has 112 valence electrons. The zero-order valence-corrected chi connectivity index (χ0v) is 11.5. The molecule has 0 saturated heterocycles. The molecule has 1 amide bonds. The van der Waals surface area contributed by atoms with Gasteiger partial charge in [0.1, 0.15) is 0 Å². The van der Waals surface area contributed by atoms with Crippen molar-refractivity contribution in [2.45, 2.75) is 51.7 Å². The molecular weight excluding hydrogens is 271 g/mol. The summed E-state index contributed by atoms with van der Waals surface area (Å²) in [6.07, 6.45) is -5.20. The van der Waals surface area contributed by atoms with E-state index in [1.165, 1.54) is 4.90 Å². The van der Waals surface area contributed by atoms with Crippen molar-refractivity contribution in [3.63, 3.8) is 0 Å². The minimum atomic E-state index is -4.28. The first kappa shape index (κ1) is 14.9. The van der Waals surface area contributed by atoms with Crippen LogP contribution in [0.2, 0.25) is 0 Å². The fourth-order valence-corrected chi connectivity index (χ4v) is 2.41. The van der Waals surface area contributed by atoms with Crippen molar-refractivity contribution in [1.82, 2.24) is 15.1 Å². The normalized spacial score (nSPS) is 15.6. The Kier molecular flexibility index (Phi) is 4.06. The molecule has 4 nitrogen and oxygen atoms in total. The van der Waals surface area contributed by atoms with Crippen LogP contribution in [-0.4, -0.2) is 33.7 Å². The number of carbonyl (C=O) groups is 1. The molecule has 20 heavy (non-hydrogen) atoms. The van der Waals surface area contributed by atoms with Crippen molar-refractivity contribution in [3.05, 3.63) is 17.0 Å². The third kappa shape index (κ3) is 3.32. The van der Waals surface area contributed by atoms with Crippen LogP contribution in [0.25, 0.3) is 0 Å². The Morgan fingerprint density at radius 2 is 2.15 bits per heavy atom. The van der Waals surface area contributed by atoms with E-state index in [0.717, 1.165) is 17.0 Å². The van der Waals surface area contributed by atoms with Crippen LogP contribution in [0.15, 0.2) is 0 Å². The minimum Gasteiger partial charge on any atom is -0.338 e. The van der Waals surface area contributed by atoms with Gasteiger partial charge in [-0.05, 0) is 5.92 Å². The number of amides is 1. The number of fused-ring (bicyclic) bond motifs is 1. The summed E-state index contributed by atoms with van der Waals surface area (Å²) in [4.78, 5) is 13.3. The van der Waals surface area contributed by atoms with Crippen LogP contribution in [0.1, 0.15) is 49.6 Å². The number of nitrogens with zero attached hydrogens (tertiary/aromatic N) is 2. The largest absolute Gasteiger partial charge is 0.389 e. The number of H-pyrrole nitrogens is 1. The summed E-state index contributed by atoms with van der Waals surface area (Å²) in [6, 6.07) is 0. The Balaban J connectivity index is 2.03. The monoisotopic (exact) mass is 289 g/mol. The summed E-state index contributed by atoms with van der Waals surface area (Å²) >= 11 is 0. The van der Waals surface area contributed by atoms with E-state index >= 15 is 0 Å². The smallest absolute Gasteiger partial charge is 0.338 e. The van der Waals surface area contributed by atoms with Gasteiger partial charge in [0, 0.05) is 37.2 Å². The number of carbonyl (C=O) groups excluding carboxylic acids is 1. The molecule has 0 aromatic carbocycles. The number of aromatic nitrogens is 2. The molecule has 0 atom stereocenters. The predicted octanol–water partition coefficient (Wildman–Crippen LogP) is 2.76. The van der Waals surface area contributed by atoms with Gasteiger partial charge in [0.2, 0.25) is 5.91 Å². The number of aromatic amines is 1. The number of hydrogen-bond acceptors (Lipinski definition) is 2. The quantitative estimate of drug-likeness (QED) is 0.930. The van der Waals surface area contributed by atoms with Crippen LogP contribution in [-0.2, 0) is 17.8 Å². The zero-order chi connectivity index (χ0) is 14.9. The first-order valence-electron chi connectivity index (χ1n) is 6.68. The molecule has 0 bridgehead atoms. The third-order valence-corrected chi connectivity index (χ3v) is 3.49. The van der Waals surface area contributed by atoms with Crippen molar-refractivity contribution >= 4 is 5.91 Å². The maximum atomic E-state index is 12.2. The summed E-state index contributed by atoms with van der Waals surface area (Å²) < 4.78 is 36.5. The molecule has 0 radical (unpaired) electrons. The van der Waals surface area contributed by atoms with Crippen molar-refractivity contribution in [1.29, 1.82) is 0 Å². The van der Waals surface area contributed by atoms with E-state index in [4.69, 9.17) is 0 Å². The van der Waals surface area contributed by atoms with Gasteiger partial charge < -0.3 is 4.90 Å². The molecule has 0 unspecified atom stereocenters. The minimum absolute atomic E-state index is 0.222. The SMILES string of the molecule is CC(C)c1n[nH]c2c1CN(C(=O)CCC(F)(F)F)CC2. The topological polar surface area (TPSA) is 49.0 Å². The lowest BCUT2D eigenvalue weighted by atomic mass is 9.99. The van der Waals surface area contributed by atoms with Gasteiger partial charge in [-0.1, -0.05) is 13.8 Å². The summed E-state index contributed by atoms with van der Waals surface area (Å²) in [5.74, 6) is -0.218. The zero-order valence-electron chi connectivity index (χ0n) is 11.5. The fourth-order valence-electron chi connectivity index (χ4n) is 2.41. The molecule has 1 aromatic rings. The molecule has 1 aliphatic rings. The average Bonchev–Trinajstić information content (AvgIpc) is 2.77. The maximum Gasteiger partial charge on any atom is 0.389 e. The van der Waals surface area contributed by atoms with Crippen LogP contribution in [0.5, 0.6) is 0 Å². The molecule has 0 aliphatic carbocycles. The molecule has 2 rings (SSSR count). The van der Waals surface area contributed by atoms with E-state index < -0.39 is 24.9 Å². The van der Waals surface area contributed by atoms with Crippen molar-refractivity contribution in [3.8, 4) is 0 Å². The third-order valence-electron chi connectivity index (χ3n) is 3.49. The highest BCUT2D eigenvalue weighted by Crippen LogP contribution is 2.27. The van der Waals surface area contributed by atoms with Gasteiger partial charge in [0.25, 0.3) is 0 Å². The molecular formula is C13H18F3N3O. The average molecular weight is 289 g/mol. The first-order chi connectivity index (χ1) is 9.28. The molecule has 1 aliphatic heterocycles. The number of nitrogens with one attached hydrogen (secondary N) is 1. The fraction of sp³-hybridized carbons (Fsp3) is 0.692. The Bertz CT molecular complexity index is 494. The van der Waals surface area contributed by atoms with E-state index in [1.807, 2.05) is 13.8 Å². The van der Waals surface area contributed by atoms with Gasteiger partial charge in [-0.25, -0.2) is 0 Å². The second-order valence-corrected chi connectivity index (χ2v) is 5.40. The highest BCUT2D eigenvalue weighted by atomic mass is 19.4. The second-order valence-electron chi connectivity index (χ2n) is 5.40. The Morgan fingerprint density at radius 3 is 2.75 bits per heavy atom. The molecule has 0 fully saturated rings. The number of halogens is 3. The summed E-state index contributed by atoms with van der Waals surface area (Å²) in [7, 11) is 0. The van der Waals surface area contributed by atoms with Crippen LogP contribution in [0.3, 0.4) is 0 Å². The second kappa shape index (κ2) is 5.46. The molecule has 0 saturated carbocycles. The number of rotatable bonds is 3. The Labute approximate surface area is 115 Å². The van der Waals surface area contributed by atoms with Crippen molar-refractivity contribution < 1.29 is 18.0 Å². The predicted molar refractivity (Wildman–Crippen MR) is 67.1 cm³/mol. The number of hydrogen-bond donors (Lipinski definition) is 1. The highest BCUT2D eigenvalue weighted by Gasteiger charge is 2.31. The standard InChI is InChI=1S/C13H18F3N3O/c1-8(2)12-9-7-19(6-4-10(9)17-18-12)11(20)3-5-13(14,15)16/h8H,3-7H2,1-2H3,(H,17,18). The summed E-state index contributed by atoms with van der Waals surface area (Å²) in [5, 5.41) is 7.19. The summed E-state index contributed by atoms with van der Waals surface area (Å²) in [6.45, 7) is 4.81. The van der Waals surface area contributed by atoms with Crippen LogP contribution < -0.4 is 0 Å². The number of alkyl halides is 3. The van der Waals surface area contributed by atoms with Gasteiger partial charge in [0.15, 0.2) is 0 Å². The van der Waals surface area contributed by atoms with Crippen LogP contribution in [0.4, 0.5) is 13.2 Å². The molecule has 1 aromatic heterocycles. The van der Waals surface area contributed by atoms with Crippen molar-refractivity contribution in [2.75, 3.05) is 6.54 Å². The first-order valence-corrected chi connectivity index (χ1v) is 6.68. The van der Waals surface area contributed by atoms with Gasteiger partial charge in [-0.3, -0.25) is 9.89 Å². The Morgan fingerprint density at radius 1 is 1.45 bits per heavy atom. The van der Waals surface area contributed by atoms with Crippen molar-refractivity contribution in [2.24, 2.45) is 0 Å². The Hall–Kier alpha value is -1.53. The molecule has 7 heteroatoms. The van der Waals surface area contributed by atoms with E-state index in [2.05, 4.69) is 10.2 Å². The highest BCUT2D eigenvalue weighted by molar-refractivity contribution is 5.76. The van der Waals surface area contributed by atoms with Crippen LogP contribution in [0, 0.1) is 0 Å². The molecule has 2 heterocycles. The van der Waals surface area contributed by atoms with E-state index in [1.54, 1.807) is 0 Å². The lowest BCUT2D eigenvalue weighted by Crippen LogP contribution is -2.36. The van der Waals surface area contributed by atoms with E-state index in [9.17, 15) is 18.0 Å². The molecule has 1 N–H and O–H groups in total. The maximum absolute atomic E-state index is 12.2. The van der Waals surface area contributed by atoms with E-state index in [0.29, 0.717) is 19.5 Å². The van der Waals surface area contributed by atoms with Gasteiger partial charge in [-0.15, -0.1) is 0 Å². The van der Waals surface area contributed by atoms with Gasteiger partial charge >= 0.3 is 6.18 Å². The summed E-state index contributed by atoms with van der Waals surface area (Å²) in [5.41, 5.74) is 2.86. The lowest BCUT2D eigenvalue weighted by Gasteiger charge is -2.27. The van der Waals surface area contributed by atoms with Gasteiger partial charge in [-0.2, -0.15) is 18.3 Å². The van der Waals surface area contributed by atoms with Crippen LogP contribution >= 0.6 is 0 Å².